The maximum absolute atomic E-state index is 13.0. The fourth-order valence-electron chi connectivity index (χ4n) is 3.07. The number of amides is 2. The van der Waals surface area contributed by atoms with Crippen molar-refractivity contribution in [1.29, 1.82) is 0 Å². The maximum atomic E-state index is 13.0. The molecule has 0 aromatic heterocycles. The average Bonchev–Trinajstić information content (AvgIpc) is 2.93. The van der Waals surface area contributed by atoms with Crippen LogP contribution in [0.25, 0.3) is 5.57 Å². The van der Waals surface area contributed by atoms with Crippen molar-refractivity contribution in [2.45, 2.75) is 6.92 Å². The summed E-state index contributed by atoms with van der Waals surface area (Å²) in [7, 11) is 3.13. The first-order chi connectivity index (χ1) is 13.5. The van der Waals surface area contributed by atoms with Crippen molar-refractivity contribution >= 4 is 23.1 Å². The van der Waals surface area contributed by atoms with Crippen molar-refractivity contribution in [3.63, 3.8) is 0 Å². The van der Waals surface area contributed by atoms with Gasteiger partial charge in [-0.3, -0.25) is 14.5 Å². The minimum absolute atomic E-state index is 0.132. The third-order valence-corrected chi connectivity index (χ3v) is 4.47. The van der Waals surface area contributed by atoms with Gasteiger partial charge in [0, 0.05) is 6.54 Å². The Bertz CT molecular complexity index is 961. The van der Waals surface area contributed by atoms with Crippen molar-refractivity contribution in [2.75, 3.05) is 26.1 Å². The van der Waals surface area contributed by atoms with Gasteiger partial charge in [0.05, 0.1) is 25.5 Å². The number of benzene rings is 2. The van der Waals surface area contributed by atoms with Crippen molar-refractivity contribution in [1.82, 2.24) is 4.90 Å². The van der Waals surface area contributed by atoms with Gasteiger partial charge in [0.15, 0.2) is 0 Å². The van der Waals surface area contributed by atoms with E-state index >= 15 is 0 Å². The van der Waals surface area contributed by atoms with Gasteiger partial charge in [-0.15, -0.1) is 6.58 Å². The lowest BCUT2D eigenvalue weighted by atomic mass is 10.0. The molecule has 0 unspecified atom stereocenters. The van der Waals surface area contributed by atoms with Gasteiger partial charge in [-0.05, 0) is 42.3 Å². The Morgan fingerprint density at radius 2 is 1.75 bits per heavy atom. The van der Waals surface area contributed by atoms with Crippen LogP contribution in [0.15, 0.2) is 60.8 Å². The fourth-order valence-corrected chi connectivity index (χ4v) is 3.07. The topological polar surface area (TPSA) is 67.9 Å². The number of anilines is 1. The van der Waals surface area contributed by atoms with Crippen LogP contribution in [0.2, 0.25) is 0 Å². The number of rotatable bonds is 7. The number of methoxy groups -OCH3 is 2. The van der Waals surface area contributed by atoms with Crippen LogP contribution >= 0.6 is 0 Å². The predicted molar refractivity (Wildman–Crippen MR) is 108 cm³/mol. The molecule has 1 aliphatic rings. The van der Waals surface area contributed by atoms with Gasteiger partial charge in [0.25, 0.3) is 11.8 Å². The summed E-state index contributed by atoms with van der Waals surface area (Å²) >= 11 is 0. The third kappa shape index (κ3) is 3.49. The van der Waals surface area contributed by atoms with E-state index in [9.17, 15) is 9.59 Å². The number of carbonyl (C=O) groups excluding carboxylic acids is 2. The second-order valence-electron chi connectivity index (χ2n) is 6.32. The summed E-state index contributed by atoms with van der Waals surface area (Å²) in [5.41, 5.74) is 2.75. The first-order valence-corrected chi connectivity index (χ1v) is 8.77. The number of nitrogens with zero attached hydrogens (tertiary/aromatic N) is 1. The second-order valence-corrected chi connectivity index (χ2v) is 6.32. The number of imide groups is 1. The van der Waals surface area contributed by atoms with Gasteiger partial charge in [-0.25, -0.2) is 0 Å². The van der Waals surface area contributed by atoms with Crippen LogP contribution in [0.3, 0.4) is 0 Å². The van der Waals surface area contributed by atoms with Crippen LogP contribution in [0.1, 0.15) is 11.1 Å². The van der Waals surface area contributed by atoms with Gasteiger partial charge in [0.2, 0.25) is 0 Å². The zero-order valence-electron chi connectivity index (χ0n) is 16.1. The predicted octanol–water partition coefficient (Wildman–Crippen LogP) is 3.39. The molecule has 0 fully saturated rings. The Labute approximate surface area is 164 Å². The lowest BCUT2D eigenvalue weighted by Crippen LogP contribution is -2.32. The van der Waals surface area contributed by atoms with Gasteiger partial charge < -0.3 is 14.8 Å². The first kappa shape index (κ1) is 19.2. The van der Waals surface area contributed by atoms with Gasteiger partial charge in [-0.1, -0.05) is 24.3 Å². The smallest absolute Gasteiger partial charge is 0.278 e. The van der Waals surface area contributed by atoms with Crippen LogP contribution in [0.5, 0.6) is 11.5 Å². The maximum Gasteiger partial charge on any atom is 0.278 e. The van der Waals surface area contributed by atoms with Gasteiger partial charge in [-0.2, -0.15) is 0 Å². The molecule has 6 nitrogen and oxygen atoms in total. The molecule has 0 saturated heterocycles. The summed E-state index contributed by atoms with van der Waals surface area (Å²) in [6, 6.07) is 12.6. The Balaban J connectivity index is 2.11. The molecule has 6 heteroatoms. The number of carbonyl (C=O) groups is 2. The molecule has 0 spiro atoms. The summed E-state index contributed by atoms with van der Waals surface area (Å²) in [6.07, 6.45) is 1.53. The molecule has 1 aliphatic heterocycles. The summed E-state index contributed by atoms with van der Waals surface area (Å²) in [5.74, 6) is 0.469. The number of ether oxygens (including phenoxy) is 2. The standard InChI is InChI=1S/C22H22N2O4/c1-5-12-24-21(25)19(15-7-9-16(27-3)10-8-15)20(22(24)26)23-17-13-14(2)6-11-18(17)28-4/h5-11,13,23H,1,12H2,2-4H3. The van der Waals surface area contributed by atoms with E-state index in [0.29, 0.717) is 28.3 Å². The van der Waals surface area contributed by atoms with Crippen LogP contribution in [0, 0.1) is 6.92 Å². The van der Waals surface area contributed by atoms with Crippen LogP contribution in [-0.4, -0.2) is 37.5 Å². The highest BCUT2D eigenvalue weighted by Crippen LogP contribution is 2.34. The van der Waals surface area contributed by atoms with E-state index in [-0.39, 0.29) is 18.1 Å². The van der Waals surface area contributed by atoms with Gasteiger partial charge in [0.1, 0.15) is 17.2 Å². The summed E-state index contributed by atoms with van der Waals surface area (Å²) in [5, 5.41) is 3.12. The monoisotopic (exact) mass is 378 g/mol. The van der Waals surface area contributed by atoms with Gasteiger partial charge >= 0.3 is 0 Å². The molecule has 28 heavy (non-hydrogen) atoms. The van der Waals surface area contributed by atoms with E-state index in [2.05, 4.69) is 11.9 Å². The minimum Gasteiger partial charge on any atom is -0.497 e. The molecule has 2 aromatic carbocycles. The van der Waals surface area contributed by atoms with Crippen LogP contribution in [0.4, 0.5) is 5.69 Å². The lowest BCUT2D eigenvalue weighted by molar-refractivity contribution is -0.136. The van der Waals surface area contributed by atoms with Crippen molar-refractivity contribution < 1.29 is 19.1 Å². The van der Waals surface area contributed by atoms with Crippen LogP contribution in [-0.2, 0) is 9.59 Å². The van der Waals surface area contributed by atoms with Crippen molar-refractivity contribution in [3.05, 3.63) is 71.9 Å². The Kier molecular flexibility index (Phi) is 5.49. The molecular formula is C22H22N2O4. The largest absolute Gasteiger partial charge is 0.497 e. The highest BCUT2D eigenvalue weighted by Gasteiger charge is 2.38. The highest BCUT2D eigenvalue weighted by atomic mass is 16.5. The van der Waals surface area contributed by atoms with E-state index < -0.39 is 5.91 Å². The van der Waals surface area contributed by atoms with E-state index in [1.54, 1.807) is 38.5 Å². The first-order valence-electron chi connectivity index (χ1n) is 8.77. The second kappa shape index (κ2) is 8.00. The molecule has 3 rings (SSSR count). The molecule has 0 atom stereocenters. The van der Waals surface area contributed by atoms with E-state index in [4.69, 9.17) is 9.47 Å². The molecule has 2 amide bonds. The lowest BCUT2D eigenvalue weighted by Gasteiger charge is -2.14. The number of hydrogen-bond acceptors (Lipinski definition) is 5. The molecule has 0 aliphatic carbocycles. The van der Waals surface area contributed by atoms with Crippen LogP contribution < -0.4 is 14.8 Å². The quantitative estimate of drug-likeness (QED) is 0.591. The fraction of sp³-hybridized carbons (Fsp3) is 0.182. The van der Waals surface area contributed by atoms with E-state index in [1.165, 1.54) is 6.08 Å². The normalized spacial score (nSPS) is 13.8. The Morgan fingerprint density at radius 3 is 2.36 bits per heavy atom. The number of nitrogens with one attached hydrogen (secondary N) is 1. The third-order valence-electron chi connectivity index (χ3n) is 4.47. The summed E-state index contributed by atoms with van der Waals surface area (Å²) in [6.45, 7) is 5.71. The Morgan fingerprint density at radius 1 is 1.04 bits per heavy atom. The molecule has 0 bridgehead atoms. The molecular weight excluding hydrogens is 356 g/mol. The molecule has 2 aromatic rings. The SMILES string of the molecule is C=CCN1C(=O)C(Nc2cc(C)ccc2OC)=C(c2ccc(OC)cc2)C1=O. The summed E-state index contributed by atoms with van der Waals surface area (Å²) < 4.78 is 10.6. The highest BCUT2D eigenvalue weighted by molar-refractivity contribution is 6.36. The average molecular weight is 378 g/mol. The zero-order chi connectivity index (χ0) is 20.3. The van der Waals surface area contributed by atoms with Crippen molar-refractivity contribution in [3.8, 4) is 11.5 Å². The van der Waals surface area contributed by atoms with Crippen molar-refractivity contribution in [2.24, 2.45) is 0 Å². The minimum atomic E-state index is -0.403. The molecule has 1 heterocycles. The molecule has 1 N–H and O–H groups in total. The number of aryl methyl sites for hydroxylation is 1. The molecule has 144 valence electrons. The molecule has 0 radical (unpaired) electrons. The Hall–Kier alpha value is -3.54. The summed E-state index contributed by atoms with van der Waals surface area (Å²) in [4.78, 5) is 27.1. The molecule has 0 saturated carbocycles. The van der Waals surface area contributed by atoms with E-state index in [0.717, 1.165) is 10.5 Å². The number of hydrogen-bond donors (Lipinski definition) is 1. The zero-order valence-corrected chi connectivity index (χ0v) is 16.1. The van der Waals surface area contributed by atoms with E-state index in [1.807, 2.05) is 25.1 Å².